The molecular formula is C30H33N3O5. The van der Waals surface area contributed by atoms with Crippen molar-refractivity contribution in [3.8, 4) is 11.5 Å². The maximum absolute atomic E-state index is 12.8. The van der Waals surface area contributed by atoms with Crippen LogP contribution in [0.5, 0.6) is 11.5 Å². The van der Waals surface area contributed by atoms with Gasteiger partial charge in [-0.2, -0.15) is 0 Å². The zero-order valence-corrected chi connectivity index (χ0v) is 21.3. The second-order valence-electron chi connectivity index (χ2n) is 10.6. The molecule has 2 fully saturated rings. The van der Waals surface area contributed by atoms with Crippen molar-refractivity contribution in [2.24, 2.45) is 5.92 Å². The van der Waals surface area contributed by atoms with Gasteiger partial charge in [0, 0.05) is 37.3 Å². The number of fused-ring (bicyclic) bond motifs is 2. The van der Waals surface area contributed by atoms with Gasteiger partial charge in [-0.1, -0.05) is 49.2 Å². The maximum Gasteiger partial charge on any atom is 0.261 e. The molecule has 3 aliphatic rings. The molecule has 0 unspecified atom stereocenters. The molecule has 3 heterocycles. The van der Waals surface area contributed by atoms with Crippen LogP contribution in [0.3, 0.4) is 0 Å². The van der Waals surface area contributed by atoms with E-state index in [0.717, 1.165) is 49.0 Å². The van der Waals surface area contributed by atoms with Gasteiger partial charge < -0.3 is 24.9 Å². The highest BCUT2D eigenvalue weighted by Crippen LogP contribution is 2.47. The standard InChI is InChI=1S/C30H33N3O5/c34-28(31-17-20-10-13-26-27(16-20)38-19-37-26)23-12-11-22(32-29(23)35)18-33-15-14-30(36,21-6-2-1-3-7-21)24-8-4-5-9-25(24)33/h1-3,6-7,10-13,16,24-25,36H,4-5,8-9,14-15,17-19H2,(H,31,34)(H,32,35)/t24-,25-,30+/m1/s1. The summed E-state index contributed by atoms with van der Waals surface area (Å²) in [5.41, 5.74) is 1.50. The molecule has 8 heteroatoms. The molecule has 3 aromatic rings. The number of rotatable bonds is 6. The molecule has 198 valence electrons. The highest BCUT2D eigenvalue weighted by Gasteiger charge is 2.48. The number of amides is 1. The van der Waals surface area contributed by atoms with E-state index in [4.69, 9.17) is 9.47 Å². The normalized spacial score (nSPS) is 24.6. The lowest BCUT2D eigenvalue weighted by Gasteiger charge is -2.52. The number of nitrogens with zero attached hydrogens (tertiary/aromatic N) is 1. The first kappa shape index (κ1) is 24.7. The summed E-state index contributed by atoms with van der Waals surface area (Å²) < 4.78 is 10.7. The van der Waals surface area contributed by atoms with Gasteiger partial charge in [0.05, 0.1) is 5.60 Å². The van der Waals surface area contributed by atoms with E-state index in [1.165, 1.54) is 0 Å². The summed E-state index contributed by atoms with van der Waals surface area (Å²) in [6.07, 6.45) is 4.94. The molecule has 2 aromatic carbocycles. The van der Waals surface area contributed by atoms with Crippen molar-refractivity contribution < 1.29 is 19.4 Å². The number of benzene rings is 2. The van der Waals surface area contributed by atoms with Gasteiger partial charge in [0.15, 0.2) is 11.5 Å². The number of carbonyl (C=O) groups excluding carboxylic acids is 1. The van der Waals surface area contributed by atoms with Gasteiger partial charge in [-0.15, -0.1) is 0 Å². The largest absolute Gasteiger partial charge is 0.454 e. The minimum atomic E-state index is -0.823. The number of aliphatic hydroxyl groups is 1. The molecule has 1 aliphatic carbocycles. The Labute approximate surface area is 221 Å². The number of aromatic nitrogens is 1. The quantitative estimate of drug-likeness (QED) is 0.463. The number of pyridine rings is 1. The molecule has 1 saturated heterocycles. The fourth-order valence-corrected chi connectivity index (χ4v) is 6.38. The zero-order chi connectivity index (χ0) is 26.1. The van der Waals surface area contributed by atoms with E-state index in [2.05, 4.69) is 15.2 Å². The van der Waals surface area contributed by atoms with Crippen molar-refractivity contribution in [3.05, 3.63) is 93.4 Å². The number of aromatic amines is 1. The zero-order valence-electron chi connectivity index (χ0n) is 21.3. The lowest BCUT2D eigenvalue weighted by molar-refractivity contribution is -0.123. The van der Waals surface area contributed by atoms with Gasteiger partial charge >= 0.3 is 0 Å². The van der Waals surface area contributed by atoms with Crippen LogP contribution in [-0.4, -0.2) is 40.3 Å². The summed E-state index contributed by atoms with van der Waals surface area (Å²) in [5, 5.41) is 14.6. The molecular weight excluding hydrogens is 482 g/mol. The molecule has 1 saturated carbocycles. The fourth-order valence-electron chi connectivity index (χ4n) is 6.38. The van der Waals surface area contributed by atoms with E-state index in [1.807, 2.05) is 54.6 Å². The van der Waals surface area contributed by atoms with Gasteiger partial charge in [-0.05, 0) is 54.7 Å². The molecule has 2 aliphatic heterocycles. The predicted molar refractivity (Wildman–Crippen MR) is 142 cm³/mol. The number of ether oxygens (including phenoxy) is 2. The predicted octanol–water partition coefficient (Wildman–Crippen LogP) is 3.69. The summed E-state index contributed by atoms with van der Waals surface area (Å²) in [4.78, 5) is 30.9. The van der Waals surface area contributed by atoms with Gasteiger partial charge in [-0.3, -0.25) is 14.5 Å². The third-order valence-corrected chi connectivity index (χ3v) is 8.34. The molecule has 0 bridgehead atoms. The van der Waals surface area contributed by atoms with Gasteiger partial charge in [-0.25, -0.2) is 0 Å². The fraction of sp³-hybridized carbons (Fsp3) is 0.400. The van der Waals surface area contributed by atoms with E-state index < -0.39 is 17.1 Å². The lowest BCUT2D eigenvalue weighted by Crippen LogP contribution is -2.57. The molecule has 0 spiro atoms. The van der Waals surface area contributed by atoms with Gasteiger partial charge in [0.1, 0.15) is 5.56 Å². The Kier molecular flexibility index (Phi) is 6.68. The maximum atomic E-state index is 12.8. The minimum Gasteiger partial charge on any atom is -0.454 e. The van der Waals surface area contributed by atoms with Crippen molar-refractivity contribution in [1.82, 2.24) is 15.2 Å². The highest BCUT2D eigenvalue weighted by atomic mass is 16.7. The molecule has 38 heavy (non-hydrogen) atoms. The molecule has 8 nitrogen and oxygen atoms in total. The van der Waals surface area contributed by atoms with Gasteiger partial charge in [0.2, 0.25) is 6.79 Å². The Balaban J connectivity index is 1.12. The van der Waals surface area contributed by atoms with Crippen molar-refractivity contribution in [3.63, 3.8) is 0 Å². The molecule has 6 rings (SSSR count). The van der Waals surface area contributed by atoms with Gasteiger partial charge in [0.25, 0.3) is 11.5 Å². The number of nitrogens with one attached hydrogen (secondary N) is 2. The molecule has 1 aromatic heterocycles. The van der Waals surface area contributed by atoms with Crippen LogP contribution in [0.4, 0.5) is 0 Å². The van der Waals surface area contributed by atoms with Crippen LogP contribution in [0.15, 0.2) is 65.5 Å². The summed E-state index contributed by atoms with van der Waals surface area (Å²) in [6, 6.07) is 19.2. The summed E-state index contributed by atoms with van der Waals surface area (Å²) in [6.45, 7) is 1.80. The third kappa shape index (κ3) is 4.70. The smallest absolute Gasteiger partial charge is 0.261 e. The first-order valence-corrected chi connectivity index (χ1v) is 13.4. The first-order valence-electron chi connectivity index (χ1n) is 13.4. The Morgan fingerprint density at radius 1 is 1.05 bits per heavy atom. The van der Waals surface area contributed by atoms with E-state index >= 15 is 0 Å². The van der Waals surface area contributed by atoms with Crippen LogP contribution in [0.2, 0.25) is 0 Å². The van der Waals surface area contributed by atoms with Crippen LogP contribution < -0.4 is 20.3 Å². The van der Waals surface area contributed by atoms with Crippen LogP contribution >= 0.6 is 0 Å². The number of hydrogen-bond acceptors (Lipinski definition) is 6. The highest BCUT2D eigenvalue weighted by molar-refractivity contribution is 5.93. The monoisotopic (exact) mass is 515 g/mol. The number of piperidine rings is 1. The molecule has 1 amide bonds. The average Bonchev–Trinajstić information content (AvgIpc) is 3.42. The topological polar surface area (TPSA) is 104 Å². The lowest BCUT2D eigenvalue weighted by atomic mass is 9.66. The van der Waals surface area contributed by atoms with Crippen LogP contribution in [0.25, 0.3) is 0 Å². The van der Waals surface area contributed by atoms with Crippen molar-refractivity contribution in [1.29, 1.82) is 0 Å². The van der Waals surface area contributed by atoms with Crippen molar-refractivity contribution in [2.45, 2.75) is 56.8 Å². The summed E-state index contributed by atoms with van der Waals surface area (Å²) in [7, 11) is 0. The third-order valence-electron chi connectivity index (χ3n) is 8.34. The number of H-pyrrole nitrogens is 1. The van der Waals surface area contributed by atoms with E-state index in [9.17, 15) is 14.7 Å². The summed E-state index contributed by atoms with van der Waals surface area (Å²) in [5.74, 6) is 1.07. The SMILES string of the molecule is O=C(NCc1ccc2c(c1)OCO2)c1ccc(CN2CC[C@](O)(c3ccccc3)[C@@H]3CCCC[C@H]32)[nH]c1=O. The number of likely N-dealkylation sites (tertiary alicyclic amines) is 1. The van der Waals surface area contributed by atoms with Crippen LogP contribution in [0, 0.1) is 5.92 Å². The molecule has 3 atom stereocenters. The van der Waals surface area contributed by atoms with Crippen molar-refractivity contribution in [2.75, 3.05) is 13.3 Å². The Hall–Kier alpha value is -3.62. The number of carbonyl (C=O) groups is 1. The minimum absolute atomic E-state index is 0.0853. The Bertz CT molecular complexity index is 1370. The second kappa shape index (κ2) is 10.3. The second-order valence-corrected chi connectivity index (χ2v) is 10.6. The van der Waals surface area contributed by atoms with Crippen molar-refractivity contribution >= 4 is 5.91 Å². The Morgan fingerprint density at radius 2 is 1.87 bits per heavy atom. The molecule has 0 radical (unpaired) electrons. The average molecular weight is 516 g/mol. The number of hydrogen-bond donors (Lipinski definition) is 3. The van der Waals surface area contributed by atoms with E-state index in [0.29, 0.717) is 24.5 Å². The van der Waals surface area contributed by atoms with E-state index in [1.54, 1.807) is 6.07 Å². The summed E-state index contributed by atoms with van der Waals surface area (Å²) >= 11 is 0. The van der Waals surface area contributed by atoms with E-state index in [-0.39, 0.29) is 30.9 Å². The molecule has 3 N–H and O–H groups in total. The Morgan fingerprint density at radius 3 is 2.71 bits per heavy atom. The van der Waals surface area contributed by atoms with Crippen LogP contribution in [-0.2, 0) is 18.7 Å². The first-order chi connectivity index (χ1) is 18.5. The van der Waals surface area contributed by atoms with Crippen LogP contribution in [0.1, 0.15) is 59.3 Å².